The number of hydrogen-bond donors (Lipinski definition) is 1. The van der Waals surface area contributed by atoms with Crippen LogP contribution in [0.5, 0.6) is 5.75 Å². The van der Waals surface area contributed by atoms with Crippen molar-refractivity contribution in [2.24, 2.45) is 0 Å². The van der Waals surface area contributed by atoms with E-state index in [9.17, 15) is 0 Å². The van der Waals surface area contributed by atoms with E-state index in [0.29, 0.717) is 13.2 Å². The molecule has 1 saturated carbocycles. The van der Waals surface area contributed by atoms with E-state index >= 15 is 0 Å². The van der Waals surface area contributed by atoms with Gasteiger partial charge in [0.05, 0.1) is 6.54 Å². The fourth-order valence-electron chi connectivity index (χ4n) is 1.88. The summed E-state index contributed by atoms with van der Waals surface area (Å²) in [6, 6.07) is 8.94. The number of nitrogens with zero attached hydrogens (tertiary/aromatic N) is 1. The van der Waals surface area contributed by atoms with Crippen LogP contribution in [0.2, 0.25) is 0 Å². The van der Waals surface area contributed by atoms with Crippen molar-refractivity contribution in [3.63, 3.8) is 0 Å². The number of terminal acetylenes is 1. The number of hydrogen-bond acceptors (Lipinski definition) is 3. The van der Waals surface area contributed by atoms with E-state index in [1.165, 1.54) is 18.4 Å². The van der Waals surface area contributed by atoms with Crippen molar-refractivity contribution in [1.82, 2.24) is 10.2 Å². The first kappa shape index (κ1) is 13.9. The molecule has 0 spiro atoms. The summed E-state index contributed by atoms with van der Waals surface area (Å²) >= 11 is 0. The van der Waals surface area contributed by atoms with Gasteiger partial charge in [-0.3, -0.25) is 4.90 Å². The Kier molecular flexibility index (Phi) is 5.26. The second kappa shape index (κ2) is 7.18. The Morgan fingerprint density at radius 3 is 2.95 bits per heavy atom. The summed E-state index contributed by atoms with van der Waals surface area (Å²) in [4.78, 5) is 2.07. The quantitative estimate of drug-likeness (QED) is 0.721. The Morgan fingerprint density at radius 1 is 1.42 bits per heavy atom. The molecule has 1 fully saturated rings. The number of ether oxygens (including phenoxy) is 1. The molecule has 1 N–H and O–H groups in total. The van der Waals surface area contributed by atoms with Gasteiger partial charge in [0.1, 0.15) is 12.4 Å². The molecule has 0 radical (unpaired) electrons. The third-order valence-corrected chi connectivity index (χ3v) is 3.22. The zero-order valence-electron chi connectivity index (χ0n) is 11.6. The van der Waals surface area contributed by atoms with Gasteiger partial charge in [-0.25, -0.2) is 0 Å². The van der Waals surface area contributed by atoms with Crippen LogP contribution in [-0.4, -0.2) is 37.7 Å². The third-order valence-electron chi connectivity index (χ3n) is 3.22. The number of nitrogens with one attached hydrogen (secondary N) is 1. The van der Waals surface area contributed by atoms with Crippen LogP contribution < -0.4 is 10.1 Å². The lowest BCUT2D eigenvalue weighted by atomic mass is 10.2. The predicted octanol–water partition coefficient (Wildman–Crippen LogP) is 1.88. The van der Waals surface area contributed by atoms with Crippen molar-refractivity contribution >= 4 is 0 Å². The summed E-state index contributed by atoms with van der Waals surface area (Å²) in [5, 5.41) is 3.52. The van der Waals surface area contributed by atoms with E-state index in [-0.39, 0.29) is 0 Å². The highest BCUT2D eigenvalue weighted by Gasteiger charge is 2.20. The average Bonchev–Trinajstić information content (AvgIpc) is 3.22. The van der Waals surface area contributed by atoms with Crippen molar-refractivity contribution in [2.75, 3.05) is 26.7 Å². The van der Waals surface area contributed by atoms with Gasteiger partial charge in [0.2, 0.25) is 0 Å². The highest BCUT2D eigenvalue weighted by molar-refractivity contribution is 5.33. The Morgan fingerprint density at radius 2 is 2.21 bits per heavy atom. The molecular formula is C16H22N2O. The van der Waals surface area contributed by atoms with Crippen LogP contribution in [0.3, 0.4) is 0 Å². The van der Waals surface area contributed by atoms with Crippen molar-refractivity contribution in [3.05, 3.63) is 29.8 Å². The summed E-state index contributed by atoms with van der Waals surface area (Å²) in [7, 11) is 2.00. The van der Waals surface area contributed by atoms with Gasteiger partial charge in [-0.2, -0.15) is 0 Å². The normalized spacial score (nSPS) is 14.4. The van der Waals surface area contributed by atoms with Gasteiger partial charge in [0.25, 0.3) is 0 Å². The summed E-state index contributed by atoms with van der Waals surface area (Å²) in [5.41, 5.74) is 1.23. The van der Waals surface area contributed by atoms with E-state index < -0.39 is 0 Å². The standard InChI is InChI=1S/C16H22N2O/c1-3-10-18(2)11-12-19-16-7-5-4-6-14(16)13-17-15-8-9-15/h1,4-7,15,17H,8-13H2,2H3. The molecule has 0 amide bonds. The van der Waals surface area contributed by atoms with Gasteiger partial charge >= 0.3 is 0 Å². The lowest BCUT2D eigenvalue weighted by Gasteiger charge is -2.16. The molecular weight excluding hydrogens is 236 g/mol. The lowest BCUT2D eigenvalue weighted by Crippen LogP contribution is -2.25. The molecule has 2 rings (SSSR count). The van der Waals surface area contributed by atoms with E-state index in [1.807, 2.05) is 19.2 Å². The van der Waals surface area contributed by atoms with Crippen molar-refractivity contribution in [3.8, 4) is 18.1 Å². The molecule has 3 heteroatoms. The van der Waals surface area contributed by atoms with Gasteiger partial charge in [0.15, 0.2) is 0 Å². The molecule has 1 aromatic carbocycles. The summed E-state index contributed by atoms with van der Waals surface area (Å²) in [6.07, 6.45) is 7.88. The van der Waals surface area contributed by atoms with Gasteiger partial charge in [-0.1, -0.05) is 24.1 Å². The maximum Gasteiger partial charge on any atom is 0.123 e. The summed E-state index contributed by atoms with van der Waals surface area (Å²) < 4.78 is 5.86. The summed E-state index contributed by atoms with van der Waals surface area (Å²) in [6.45, 7) is 3.06. The zero-order chi connectivity index (χ0) is 13.5. The SMILES string of the molecule is C#CCN(C)CCOc1ccccc1CNC1CC1. The fraction of sp³-hybridized carbons (Fsp3) is 0.500. The molecule has 0 heterocycles. The number of benzene rings is 1. The van der Waals surface area contributed by atoms with E-state index in [2.05, 4.69) is 28.3 Å². The highest BCUT2D eigenvalue weighted by Crippen LogP contribution is 2.22. The first-order chi connectivity index (χ1) is 9.29. The minimum atomic E-state index is 0.661. The topological polar surface area (TPSA) is 24.5 Å². The second-order valence-electron chi connectivity index (χ2n) is 5.05. The summed E-state index contributed by atoms with van der Waals surface area (Å²) in [5.74, 6) is 3.60. The van der Waals surface area contributed by atoms with Gasteiger partial charge in [-0.15, -0.1) is 6.42 Å². The Bertz CT molecular complexity index is 435. The fourth-order valence-corrected chi connectivity index (χ4v) is 1.88. The van der Waals surface area contributed by atoms with Crippen LogP contribution in [0.4, 0.5) is 0 Å². The third kappa shape index (κ3) is 4.94. The molecule has 0 unspecified atom stereocenters. The molecule has 3 nitrogen and oxygen atoms in total. The molecule has 102 valence electrons. The van der Waals surface area contributed by atoms with Crippen LogP contribution in [0.15, 0.2) is 24.3 Å². The molecule has 1 aromatic rings. The molecule has 0 saturated heterocycles. The van der Waals surface area contributed by atoms with E-state index in [1.54, 1.807) is 0 Å². The van der Waals surface area contributed by atoms with Crippen LogP contribution in [0, 0.1) is 12.3 Å². The van der Waals surface area contributed by atoms with Crippen molar-refractivity contribution in [2.45, 2.75) is 25.4 Å². The Balaban J connectivity index is 1.79. The Labute approximate surface area is 115 Å². The number of likely N-dealkylation sites (N-methyl/N-ethyl adjacent to an activating group) is 1. The zero-order valence-corrected chi connectivity index (χ0v) is 11.6. The molecule has 1 aliphatic rings. The molecule has 0 bridgehead atoms. The molecule has 1 aliphatic carbocycles. The van der Waals surface area contributed by atoms with Crippen LogP contribution in [-0.2, 0) is 6.54 Å². The minimum absolute atomic E-state index is 0.661. The average molecular weight is 258 g/mol. The van der Waals surface area contributed by atoms with Crippen LogP contribution in [0.25, 0.3) is 0 Å². The monoisotopic (exact) mass is 258 g/mol. The van der Waals surface area contributed by atoms with Crippen molar-refractivity contribution < 1.29 is 4.74 Å². The maximum atomic E-state index is 5.86. The molecule has 0 aromatic heterocycles. The van der Waals surface area contributed by atoms with E-state index in [4.69, 9.17) is 11.2 Å². The first-order valence-electron chi connectivity index (χ1n) is 6.85. The highest BCUT2D eigenvalue weighted by atomic mass is 16.5. The Hall–Kier alpha value is -1.50. The van der Waals surface area contributed by atoms with Gasteiger partial charge < -0.3 is 10.1 Å². The maximum absolute atomic E-state index is 5.86. The van der Waals surface area contributed by atoms with Gasteiger partial charge in [-0.05, 0) is 26.0 Å². The predicted molar refractivity (Wildman–Crippen MR) is 78.1 cm³/mol. The molecule has 0 atom stereocenters. The van der Waals surface area contributed by atoms with E-state index in [0.717, 1.165) is 24.9 Å². The largest absolute Gasteiger partial charge is 0.492 e. The van der Waals surface area contributed by atoms with Crippen LogP contribution >= 0.6 is 0 Å². The number of rotatable bonds is 8. The first-order valence-corrected chi connectivity index (χ1v) is 6.85. The lowest BCUT2D eigenvalue weighted by molar-refractivity contribution is 0.249. The van der Waals surface area contributed by atoms with Crippen molar-refractivity contribution in [1.29, 1.82) is 0 Å². The van der Waals surface area contributed by atoms with Gasteiger partial charge in [0, 0.05) is 24.7 Å². The number of para-hydroxylation sites is 1. The smallest absolute Gasteiger partial charge is 0.123 e. The minimum Gasteiger partial charge on any atom is -0.492 e. The molecule has 19 heavy (non-hydrogen) atoms. The van der Waals surface area contributed by atoms with Crippen LogP contribution in [0.1, 0.15) is 18.4 Å². The molecule has 0 aliphatic heterocycles. The second-order valence-corrected chi connectivity index (χ2v) is 5.05.